The molecule has 2 rings (SSSR count). The van der Waals surface area contributed by atoms with Gasteiger partial charge in [-0.05, 0) is 31.0 Å². The molecule has 0 saturated heterocycles. The quantitative estimate of drug-likeness (QED) is 0.860. The van der Waals surface area contributed by atoms with E-state index in [2.05, 4.69) is 11.9 Å². The van der Waals surface area contributed by atoms with Gasteiger partial charge in [0.25, 0.3) is 5.91 Å². The van der Waals surface area contributed by atoms with Crippen LogP contribution < -0.4 is 5.73 Å². The molecule has 0 aliphatic rings. The molecule has 0 spiro atoms. The van der Waals surface area contributed by atoms with E-state index in [4.69, 9.17) is 5.73 Å². The maximum absolute atomic E-state index is 12.6. The number of hydrogen-bond acceptors (Lipinski definition) is 4. The van der Waals surface area contributed by atoms with Crippen molar-refractivity contribution in [3.8, 4) is 0 Å². The zero-order valence-corrected chi connectivity index (χ0v) is 12.6. The molecule has 0 unspecified atom stereocenters. The molecular weight excluding hydrogens is 270 g/mol. The number of aromatic nitrogens is 1. The molecule has 0 saturated carbocycles. The van der Waals surface area contributed by atoms with Crippen molar-refractivity contribution in [3.63, 3.8) is 0 Å². The Morgan fingerprint density at radius 3 is 2.60 bits per heavy atom. The Morgan fingerprint density at radius 1 is 1.35 bits per heavy atom. The molecule has 0 atom stereocenters. The van der Waals surface area contributed by atoms with E-state index in [1.807, 2.05) is 36.1 Å². The first-order valence-electron chi connectivity index (χ1n) is 6.65. The summed E-state index contributed by atoms with van der Waals surface area (Å²) in [7, 11) is 0. The fraction of sp³-hybridized carbons (Fsp3) is 0.333. The number of nitrogen functional groups attached to an aromatic ring is 1. The van der Waals surface area contributed by atoms with E-state index in [0.717, 1.165) is 34.8 Å². The predicted molar refractivity (Wildman–Crippen MR) is 82.7 cm³/mol. The number of benzene rings is 1. The number of anilines is 1. The summed E-state index contributed by atoms with van der Waals surface area (Å²) in [6.07, 6.45) is 0.929. The summed E-state index contributed by atoms with van der Waals surface area (Å²) in [5.41, 5.74) is 10.0. The highest BCUT2D eigenvalue weighted by Gasteiger charge is 2.19. The van der Waals surface area contributed by atoms with Crippen LogP contribution in [0.3, 0.4) is 0 Å². The summed E-state index contributed by atoms with van der Waals surface area (Å²) in [6.45, 7) is 5.28. The molecule has 1 amide bonds. The third-order valence-electron chi connectivity index (χ3n) is 3.07. The average Bonchev–Trinajstić information content (AvgIpc) is 2.86. The first-order valence-corrected chi connectivity index (χ1v) is 7.53. The van der Waals surface area contributed by atoms with Gasteiger partial charge in [0, 0.05) is 18.8 Å². The van der Waals surface area contributed by atoms with Gasteiger partial charge in [0.15, 0.2) is 0 Å². The Balaban J connectivity index is 2.16. The number of carbonyl (C=O) groups is 1. The molecule has 4 nitrogen and oxygen atoms in total. The molecule has 1 heterocycles. The summed E-state index contributed by atoms with van der Waals surface area (Å²) in [5.74, 6) is 0.0590. The molecule has 1 aromatic heterocycles. The second-order valence-corrected chi connectivity index (χ2v) is 5.59. The molecule has 2 N–H and O–H groups in total. The Labute approximate surface area is 123 Å². The van der Waals surface area contributed by atoms with E-state index >= 15 is 0 Å². The standard InChI is InChI=1S/C15H19N3OS/c1-3-8-18(9-12-4-6-13(16)7-5-12)15(19)14-11(2)17-10-20-14/h4-7,10H,3,8-9,16H2,1-2H3. The van der Waals surface area contributed by atoms with E-state index < -0.39 is 0 Å². The molecule has 0 aliphatic carbocycles. The molecule has 106 valence electrons. The van der Waals surface area contributed by atoms with E-state index in [1.165, 1.54) is 11.3 Å². The number of hydrogen-bond donors (Lipinski definition) is 1. The lowest BCUT2D eigenvalue weighted by Crippen LogP contribution is -2.31. The van der Waals surface area contributed by atoms with Crippen LogP contribution in [0.25, 0.3) is 0 Å². The maximum Gasteiger partial charge on any atom is 0.266 e. The highest BCUT2D eigenvalue weighted by atomic mass is 32.1. The van der Waals surface area contributed by atoms with Crippen molar-refractivity contribution in [1.82, 2.24) is 9.88 Å². The zero-order valence-electron chi connectivity index (χ0n) is 11.8. The lowest BCUT2D eigenvalue weighted by atomic mass is 10.2. The molecule has 0 bridgehead atoms. The van der Waals surface area contributed by atoms with Crippen LogP contribution in [0.15, 0.2) is 29.8 Å². The molecule has 0 fully saturated rings. The lowest BCUT2D eigenvalue weighted by Gasteiger charge is -2.22. The number of carbonyl (C=O) groups excluding carboxylic acids is 1. The van der Waals surface area contributed by atoms with Crippen LogP contribution in [0.4, 0.5) is 5.69 Å². The Bertz CT molecular complexity index is 577. The van der Waals surface area contributed by atoms with Crippen molar-refractivity contribution in [3.05, 3.63) is 45.9 Å². The monoisotopic (exact) mass is 289 g/mol. The highest BCUT2D eigenvalue weighted by molar-refractivity contribution is 7.11. The molecule has 0 radical (unpaired) electrons. The number of aryl methyl sites for hydroxylation is 1. The van der Waals surface area contributed by atoms with E-state index in [1.54, 1.807) is 5.51 Å². The minimum absolute atomic E-state index is 0.0590. The summed E-state index contributed by atoms with van der Waals surface area (Å²) in [5, 5.41) is 0. The SMILES string of the molecule is CCCN(Cc1ccc(N)cc1)C(=O)c1scnc1C. The number of thiazole rings is 1. The van der Waals surface area contributed by atoms with E-state index in [-0.39, 0.29) is 5.91 Å². The Hall–Kier alpha value is -1.88. The second kappa shape index (κ2) is 6.52. The zero-order chi connectivity index (χ0) is 14.5. The first-order chi connectivity index (χ1) is 9.61. The lowest BCUT2D eigenvalue weighted by molar-refractivity contribution is 0.0747. The number of nitrogens with two attached hydrogens (primary N) is 1. The Morgan fingerprint density at radius 2 is 2.05 bits per heavy atom. The smallest absolute Gasteiger partial charge is 0.266 e. The van der Waals surface area contributed by atoms with Crippen LogP contribution in [0.2, 0.25) is 0 Å². The fourth-order valence-electron chi connectivity index (χ4n) is 2.02. The maximum atomic E-state index is 12.6. The average molecular weight is 289 g/mol. The van der Waals surface area contributed by atoms with Gasteiger partial charge in [-0.25, -0.2) is 4.98 Å². The largest absolute Gasteiger partial charge is 0.399 e. The van der Waals surface area contributed by atoms with Gasteiger partial charge in [-0.15, -0.1) is 11.3 Å². The fourth-order valence-corrected chi connectivity index (χ4v) is 2.79. The topological polar surface area (TPSA) is 59.2 Å². The minimum Gasteiger partial charge on any atom is -0.399 e. The van der Waals surface area contributed by atoms with E-state index in [9.17, 15) is 4.79 Å². The molecule has 5 heteroatoms. The van der Waals surface area contributed by atoms with Gasteiger partial charge >= 0.3 is 0 Å². The van der Waals surface area contributed by atoms with Crippen LogP contribution >= 0.6 is 11.3 Å². The third-order valence-corrected chi connectivity index (χ3v) is 3.99. The van der Waals surface area contributed by atoms with Crippen LogP contribution in [-0.2, 0) is 6.54 Å². The number of nitrogens with zero attached hydrogens (tertiary/aromatic N) is 2. The summed E-state index contributed by atoms with van der Waals surface area (Å²) in [4.78, 5) is 19.3. The van der Waals surface area contributed by atoms with Crippen LogP contribution in [0, 0.1) is 6.92 Å². The number of amides is 1. The first kappa shape index (κ1) is 14.5. The van der Waals surface area contributed by atoms with Crippen molar-refractivity contribution < 1.29 is 4.79 Å². The molecule has 20 heavy (non-hydrogen) atoms. The third kappa shape index (κ3) is 3.36. The van der Waals surface area contributed by atoms with Gasteiger partial charge < -0.3 is 10.6 Å². The molecule has 0 aliphatic heterocycles. The minimum atomic E-state index is 0.0590. The van der Waals surface area contributed by atoms with Crippen LogP contribution in [0.1, 0.15) is 34.3 Å². The van der Waals surface area contributed by atoms with Crippen molar-refractivity contribution in [2.75, 3.05) is 12.3 Å². The van der Waals surface area contributed by atoms with Crippen molar-refractivity contribution in [2.45, 2.75) is 26.8 Å². The Kier molecular flexibility index (Phi) is 4.74. The normalized spacial score (nSPS) is 10.5. The van der Waals surface area contributed by atoms with Crippen LogP contribution in [-0.4, -0.2) is 22.3 Å². The van der Waals surface area contributed by atoms with Crippen molar-refractivity contribution in [2.24, 2.45) is 0 Å². The van der Waals surface area contributed by atoms with Gasteiger partial charge in [-0.3, -0.25) is 4.79 Å². The van der Waals surface area contributed by atoms with Gasteiger partial charge in [-0.2, -0.15) is 0 Å². The van der Waals surface area contributed by atoms with Crippen molar-refractivity contribution >= 4 is 22.9 Å². The van der Waals surface area contributed by atoms with Gasteiger partial charge in [-0.1, -0.05) is 19.1 Å². The molecule has 1 aromatic carbocycles. The highest BCUT2D eigenvalue weighted by Crippen LogP contribution is 2.17. The molecular formula is C15H19N3OS. The van der Waals surface area contributed by atoms with Crippen LogP contribution in [0.5, 0.6) is 0 Å². The van der Waals surface area contributed by atoms with Gasteiger partial charge in [0.2, 0.25) is 0 Å². The van der Waals surface area contributed by atoms with E-state index in [0.29, 0.717) is 6.54 Å². The van der Waals surface area contributed by atoms with Gasteiger partial charge in [0.05, 0.1) is 11.2 Å². The predicted octanol–water partition coefficient (Wildman–Crippen LogP) is 3.09. The number of rotatable bonds is 5. The van der Waals surface area contributed by atoms with Crippen molar-refractivity contribution in [1.29, 1.82) is 0 Å². The van der Waals surface area contributed by atoms with Gasteiger partial charge in [0.1, 0.15) is 4.88 Å². The summed E-state index contributed by atoms with van der Waals surface area (Å²) >= 11 is 1.40. The summed E-state index contributed by atoms with van der Waals surface area (Å²) in [6, 6.07) is 7.65. The summed E-state index contributed by atoms with van der Waals surface area (Å²) < 4.78 is 0. The second-order valence-electron chi connectivity index (χ2n) is 4.74. The molecule has 2 aromatic rings.